The fraction of sp³-hybridized carbons (Fsp3) is 0.364. The van der Waals surface area contributed by atoms with E-state index in [1.54, 1.807) is 12.4 Å². The Morgan fingerprint density at radius 1 is 1.38 bits per heavy atom. The van der Waals surface area contributed by atoms with Crippen molar-refractivity contribution in [3.05, 3.63) is 24.0 Å². The fourth-order valence-corrected chi connectivity index (χ4v) is 1.68. The number of nitrogens with two attached hydrogens (primary N) is 1. The summed E-state index contributed by atoms with van der Waals surface area (Å²) in [5, 5.41) is 7.96. The summed E-state index contributed by atoms with van der Waals surface area (Å²) in [6.07, 6.45) is 4.41. The van der Waals surface area contributed by atoms with E-state index in [9.17, 15) is 0 Å². The quantitative estimate of drug-likeness (QED) is 0.848. The third kappa shape index (κ3) is 1.88. The summed E-state index contributed by atoms with van der Waals surface area (Å²) < 4.78 is 1.87. The minimum absolute atomic E-state index is 0.677. The van der Waals surface area contributed by atoms with E-state index >= 15 is 0 Å². The number of anilines is 1. The molecule has 0 saturated heterocycles. The SMILES string of the molecule is CCCn1nncc1-c1ncc(N)cc1C. The molecule has 16 heavy (non-hydrogen) atoms. The van der Waals surface area contributed by atoms with Gasteiger partial charge >= 0.3 is 0 Å². The second-order valence-corrected chi connectivity index (χ2v) is 3.78. The maximum atomic E-state index is 5.68. The van der Waals surface area contributed by atoms with Crippen LogP contribution in [0.25, 0.3) is 11.4 Å². The predicted molar refractivity (Wildman–Crippen MR) is 62.7 cm³/mol. The van der Waals surface area contributed by atoms with E-state index in [0.29, 0.717) is 5.69 Å². The lowest BCUT2D eigenvalue weighted by molar-refractivity contribution is 0.583. The second-order valence-electron chi connectivity index (χ2n) is 3.78. The summed E-state index contributed by atoms with van der Waals surface area (Å²) in [4.78, 5) is 4.34. The molecule has 0 aliphatic rings. The van der Waals surface area contributed by atoms with E-state index in [0.717, 1.165) is 29.9 Å². The first kappa shape index (κ1) is 10.6. The molecule has 2 aromatic rings. The van der Waals surface area contributed by atoms with E-state index in [1.165, 1.54) is 0 Å². The molecular weight excluding hydrogens is 202 g/mol. The fourth-order valence-electron chi connectivity index (χ4n) is 1.68. The van der Waals surface area contributed by atoms with Crippen LogP contribution >= 0.6 is 0 Å². The molecule has 0 aliphatic carbocycles. The van der Waals surface area contributed by atoms with Crippen LogP contribution in [0.3, 0.4) is 0 Å². The average molecular weight is 217 g/mol. The zero-order valence-electron chi connectivity index (χ0n) is 9.51. The van der Waals surface area contributed by atoms with Crippen molar-refractivity contribution in [2.45, 2.75) is 26.8 Å². The summed E-state index contributed by atoms with van der Waals surface area (Å²) in [6.45, 7) is 4.94. The molecule has 2 heterocycles. The molecule has 0 fully saturated rings. The molecule has 5 nitrogen and oxygen atoms in total. The lowest BCUT2D eigenvalue weighted by Gasteiger charge is -2.07. The summed E-state index contributed by atoms with van der Waals surface area (Å²) in [5.74, 6) is 0. The van der Waals surface area contributed by atoms with Gasteiger partial charge in [-0.2, -0.15) is 0 Å². The van der Waals surface area contributed by atoms with Gasteiger partial charge in [-0.1, -0.05) is 12.1 Å². The molecule has 0 radical (unpaired) electrons. The van der Waals surface area contributed by atoms with Crippen LogP contribution in [0.4, 0.5) is 5.69 Å². The highest BCUT2D eigenvalue weighted by molar-refractivity contribution is 5.60. The molecule has 0 aliphatic heterocycles. The summed E-state index contributed by atoms with van der Waals surface area (Å²) in [7, 11) is 0. The minimum Gasteiger partial charge on any atom is -0.397 e. The molecule has 2 aromatic heterocycles. The van der Waals surface area contributed by atoms with E-state index < -0.39 is 0 Å². The monoisotopic (exact) mass is 217 g/mol. The number of aryl methyl sites for hydroxylation is 2. The third-order valence-corrected chi connectivity index (χ3v) is 2.40. The van der Waals surface area contributed by atoms with Gasteiger partial charge in [0.1, 0.15) is 5.69 Å². The van der Waals surface area contributed by atoms with Crippen LogP contribution in [0.15, 0.2) is 18.5 Å². The molecule has 0 bridgehead atoms. The van der Waals surface area contributed by atoms with Gasteiger partial charge in [0, 0.05) is 6.54 Å². The topological polar surface area (TPSA) is 69.6 Å². The Labute approximate surface area is 94.3 Å². The van der Waals surface area contributed by atoms with Gasteiger partial charge in [0.2, 0.25) is 0 Å². The number of pyridine rings is 1. The molecule has 0 spiro atoms. The van der Waals surface area contributed by atoms with Gasteiger partial charge < -0.3 is 5.73 Å². The Hall–Kier alpha value is -1.91. The molecular formula is C11H15N5. The number of hydrogen-bond donors (Lipinski definition) is 1. The van der Waals surface area contributed by atoms with Gasteiger partial charge in [0.25, 0.3) is 0 Å². The summed E-state index contributed by atoms with van der Waals surface area (Å²) in [5.41, 5.74) is 9.23. The standard InChI is InChI=1S/C11H15N5/c1-3-4-16-10(7-14-15-16)11-8(2)5-9(12)6-13-11/h5-7H,3-4,12H2,1-2H3. The van der Waals surface area contributed by atoms with Crippen LogP contribution < -0.4 is 5.73 Å². The average Bonchev–Trinajstić information content (AvgIpc) is 2.67. The number of aromatic nitrogens is 4. The van der Waals surface area contributed by atoms with Crippen LogP contribution in [0, 0.1) is 6.92 Å². The lowest BCUT2D eigenvalue weighted by Crippen LogP contribution is -2.03. The van der Waals surface area contributed by atoms with Gasteiger partial charge in [-0.3, -0.25) is 4.98 Å². The first-order valence-corrected chi connectivity index (χ1v) is 5.33. The first-order chi connectivity index (χ1) is 7.72. The predicted octanol–water partition coefficient (Wildman–Crippen LogP) is 1.64. The van der Waals surface area contributed by atoms with Crippen molar-refractivity contribution in [1.29, 1.82) is 0 Å². The van der Waals surface area contributed by atoms with Crippen molar-refractivity contribution < 1.29 is 0 Å². The van der Waals surface area contributed by atoms with Crippen molar-refractivity contribution >= 4 is 5.69 Å². The summed E-state index contributed by atoms with van der Waals surface area (Å²) in [6, 6.07) is 1.91. The highest BCUT2D eigenvalue weighted by Gasteiger charge is 2.10. The normalized spacial score (nSPS) is 10.6. The third-order valence-electron chi connectivity index (χ3n) is 2.40. The van der Waals surface area contributed by atoms with E-state index in [1.807, 2.05) is 17.7 Å². The van der Waals surface area contributed by atoms with E-state index in [-0.39, 0.29) is 0 Å². The highest BCUT2D eigenvalue weighted by atomic mass is 15.4. The molecule has 2 N–H and O–H groups in total. The van der Waals surface area contributed by atoms with Gasteiger partial charge in [-0.15, -0.1) is 5.10 Å². The second kappa shape index (κ2) is 4.30. The molecule has 2 rings (SSSR count). The number of nitrogens with zero attached hydrogens (tertiary/aromatic N) is 4. The molecule has 0 aromatic carbocycles. The lowest BCUT2D eigenvalue weighted by atomic mass is 10.1. The number of rotatable bonds is 3. The Morgan fingerprint density at radius 2 is 2.19 bits per heavy atom. The highest BCUT2D eigenvalue weighted by Crippen LogP contribution is 2.21. The van der Waals surface area contributed by atoms with Gasteiger partial charge in [-0.05, 0) is 25.0 Å². The van der Waals surface area contributed by atoms with Crippen molar-refractivity contribution in [1.82, 2.24) is 20.0 Å². The molecule has 0 atom stereocenters. The van der Waals surface area contributed by atoms with Crippen molar-refractivity contribution in [3.63, 3.8) is 0 Å². The van der Waals surface area contributed by atoms with Crippen LogP contribution in [-0.2, 0) is 6.54 Å². The van der Waals surface area contributed by atoms with Crippen LogP contribution in [-0.4, -0.2) is 20.0 Å². The molecule has 0 amide bonds. The van der Waals surface area contributed by atoms with Crippen molar-refractivity contribution in [3.8, 4) is 11.4 Å². The van der Waals surface area contributed by atoms with Crippen LogP contribution in [0.2, 0.25) is 0 Å². The van der Waals surface area contributed by atoms with E-state index in [4.69, 9.17) is 5.73 Å². The molecule has 5 heteroatoms. The molecule has 0 unspecified atom stereocenters. The van der Waals surface area contributed by atoms with Crippen molar-refractivity contribution in [2.75, 3.05) is 5.73 Å². The smallest absolute Gasteiger partial charge is 0.107 e. The zero-order valence-corrected chi connectivity index (χ0v) is 9.51. The Balaban J connectivity index is 2.46. The zero-order chi connectivity index (χ0) is 11.5. The first-order valence-electron chi connectivity index (χ1n) is 5.33. The van der Waals surface area contributed by atoms with E-state index in [2.05, 4.69) is 22.2 Å². The van der Waals surface area contributed by atoms with Gasteiger partial charge in [0.05, 0.1) is 23.8 Å². The van der Waals surface area contributed by atoms with Gasteiger partial charge in [0.15, 0.2) is 0 Å². The maximum Gasteiger partial charge on any atom is 0.107 e. The van der Waals surface area contributed by atoms with Gasteiger partial charge in [-0.25, -0.2) is 4.68 Å². The molecule has 0 saturated carbocycles. The maximum absolute atomic E-state index is 5.68. The number of hydrogen-bond acceptors (Lipinski definition) is 4. The van der Waals surface area contributed by atoms with Crippen LogP contribution in [0.1, 0.15) is 18.9 Å². The largest absolute Gasteiger partial charge is 0.397 e. The Bertz CT molecular complexity index is 489. The Morgan fingerprint density at radius 3 is 2.88 bits per heavy atom. The minimum atomic E-state index is 0.677. The Kier molecular flexibility index (Phi) is 2.85. The summed E-state index contributed by atoms with van der Waals surface area (Å²) >= 11 is 0. The van der Waals surface area contributed by atoms with Crippen LogP contribution in [0.5, 0.6) is 0 Å². The number of nitrogen functional groups attached to an aromatic ring is 1. The van der Waals surface area contributed by atoms with Crippen molar-refractivity contribution in [2.24, 2.45) is 0 Å². The molecule has 84 valence electrons.